The molecule has 0 atom stereocenters. The van der Waals surface area contributed by atoms with Gasteiger partial charge in [-0.05, 0) is 0 Å². The van der Waals surface area contributed by atoms with E-state index in [4.69, 9.17) is 19.4 Å². The van der Waals surface area contributed by atoms with Gasteiger partial charge in [-0.2, -0.15) is 0 Å². The molecule has 112 valence electrons. The number of nitro benzene ring substituents is 1. The van der Waals surface area contributed by atoms with E-state index in [0.29, 0.717) is 11.3 Å². The Morgan fingerprint density at radius 3 is 2.70 bits per heavy atom. The SMILES string of the molecule is COC(=O)CN(C)c1ccc([N+](=O)[O-])cc1[CH]=[Ru]([Cl])[Cl]. The Balaban J connectivity index is 3.20. The summed E-state index contributed by atoms with van der Waals surface area (Å²) in [5.41, 5.74) is 1.10. The van der Waals surface area contributed by atoms with Crippen LogP contribution in [-0.2, 0) is 23.0 Å². The zero-order valence-corrected chi connectivity index (χ0v) is 13.9. The van der Waals surface area contributed by atoms with Crippen molar-refractivity contribution in [3.05, 3.63) is 33.9 Å². The van der Waals surface area contributed by atoms with Gasteiger partial charge in [0, 0.05) is 0 Å². The first-order valence-electron chi connectivity index (χ1n) is 5.24. The molecule has 0 bridgehead atoms. The molecule has 0 unspecified atom stereocenters. The summed E-state index contributed by atoms with van der Waals surface area (Å²) < 4.78 is 6.18. The average molecular weight is 408 g/mol. The third-order valence-electron chi connectivity index (χ3n) is 2.41. The van der Waals surface area contributed by atoms with Crippen molar-refractivity contribution in [1.29, 1.82) is 0 Å². The predicted molar refractivity (Wildman–Crippen MR) is 75.3 cm³/mol. The standard InChI is InChI=1S/C11H12N2O4.2ClH.Ru/c1-8-6-9(13(15)16)4-5-10(8)12(2)7-11(14)17-3;;;/h1,4-6H,7H2,2-3H3;2*1H;/q;;;+2/p-2. The first-order valence-corrected chi connectivity index (χ1v) is 10.7. The van der Waals surface area contributed by atoms with Crippen LogP contribution < -0.4 is 4.90 Å². The molecule has 0 saturated heterocycles. The maximum atomic E-state index is 11.3. The average Bonchev–Trinajstić information content (AvgIpc) is 2.37. The Hall–Kier alpha value is -1.04. The van der Waals surface area contributed by atoms with Crippen LogP contribution in [0.3, 0.4) is 0 Å². The van der Waals surface area contributed by atoms with Crippen LogP contribution in [0.5, 0.6) is 0 Å². The molecule has 1 rings (SSSR count). The molecular weight excluding hydrogens is 396 g/mol. The number of benzene rings is 1. The van der Waals surface area contributed by atoms with Crippen LogP contribution in [0.4, 0.5) is 11.4 Å². The van der Waals surface area contributed by atoms with Crippen molar-refractivity contribution in [2.24, 2.45) is 0 Å². The monoisotopic (exact) mass is 408 g/mol. The van der Waals surface area contributed by atoms with Crippen LogP contribution in [0.2, 0.25) is 0 Å². The number of carbonyl (C=O) groups is 1. The quantitative estimate of drug-likeness (QED) is 0.324. The van der Waals surface area contributed by atoms with E-state index in [1.807, 2.05) is 0 Å². The molecule has 6 nitrogen and oxygen atoms in total. The Bertz CT molecular complexity index is 561. The first-order chi connectivity index (χ1) is 9.35. The van der Waals surface area contributed by atoms with Gasteiger partial charge in [0.05, 0.1) is 0 Å². The number of likely N-dealkylation sites (N-methyl/N-ethyl adjacent to an activating group) is 1. The van der Waals surface area contributed by atoms with Crippen molar-refractivity contribution in [3.8, 4) is 0 Å². The van der Waals surface area contributed by atoms with Gasteiger partial charge in [-0.1, -0.05) is 0 Å². The Morgan fingerprint density at radius 2 is 2.20 bits per heavy atom. The molecule has 1 aromatic rings. The number of non-ortho nitro benzene ring substituents is 1. The van der Waals surface area contributed by atoms with E-state index in [-0.39, 0.29) is 12.2 Å². The van der Waals surface area contributed by atoms with Gasteiger partial charge in [0.15, 0.2) is 0 Å². The topological polar surface area (TPSA) is 72.7 Å². The molecule has 0 aliphatic carbocycles. The molecule has 1 aromatic carbocycles. The minimum absolute atomic E-state index is 0.0203. The number of hydrogen-bond donors (Lipinski definition) is 0. The molecule has 0 saturated carbocycles. The molecule has 0 aliphatic rings. The molecule has 0 fully saturated rings. The second-order valence-corrected chi connectivity index (χ2v) is 9.46. The van der Waals surface area contributed by atoms with E-state index >= 15 is 0 Å². The zero-order valence-electron chi connectivity index (χ0n) is 10.7. The van der Waals surface area contributed by atoms with Crippen molar-refractivity contribution in [3.63, 3.8) is 0 Å². The number of ether oxygens (including phenoxy) is 1. The van der Waals surface area contributed by atoms with E-state index in [1.54, 1.807) is 22.6 Å². The molecule has 9 heteroatoms. The molecule has 0 spiro atoms. The van der Waals surface area contributed by atoms with Gasteiger partial charge >= 0.3 is 129 Å². The third-order valence-corrected chi connectivity index (χ3v) is 4.25. The summed E-state index contributed by atoms with van der Waals surface area (Å²) in [5.74, 6) is -0.414. The first kappa shape index (κ1) is 17.0. The summed E-state index contributed by atoms with van der Waals surface area (Å²) in [6.07, 6.45) is 0. The minimum atomic E-state index is -2.15. The molecule has 0 heterocycles. The number of methoxy groups -OCH3 is 1. The molecule has 0 radical (unpaired) electrons. The second kappa shape index (κ2) is 7.67. The Labute approximate surface area is 128 Å². The number of carbonyl (C=O) groups excluding carboxylic acids is 1. The molecule has 20 heavy (non-hydrogen) atoms. The van der Waals surface area contributed by atoms with Crippen LogP contribution in [0.1, 0.15) is 5.56 Å². The van der Waals surface area contributed by atoms with Crippen LogP contribution in [0.25, 0.3) is 0 Å². The molecular formula is C11H12Cl2N2O4Ru. The van der Waals surface area contributed by atoms with E-state index in [9.17, 15) is 14.9 Å². The molecule has 0 N–H and O–H groups in total. The van der Waals surface area contributed by atoms with Gasteiger partial charge in [0.25, 0.3) is 0 Å². The van der Waals surface area contributed by atoms with Gasteiger partial charge in [0.2, 0.25) is 0 Å². The van der Waals surface area contributed by atoms with Gasteiger partial charge in [-0.25, -0.2) is 0 Å². The van der Waals surface area contributed by atoms with Crippen molar-refractivity contribution < 1.29 is 28.0 Å². The summed E-state index contributed by atoms with van der Waals surface area (Å²) in [4.78, 5) is 23.2. The number of hydrogen-bond acceptors (Lipinski definition) is 5. The number of esters is 1. The number of nitro groups is 1. The van der Waals surface area contributed by atoms with Crippen molar-refractivity contribution in [1.82, 2.24) is 0 Å². The fourth-order valence-corrected chi connectivity index (χ4v) is 3.31. The maximum absolute atomic E-state index is 11.3. The Kier molecular flexibility index (Phi) is 6.52. The summed E-state index contributed by atoms with van der Waals surface area (Å²) >= 11 is -2.15. The molecule has 0 aliphatic heterocycles. The molecule has 0 amide bonds. The third kappa shape index (κ3) is 4.81. The van der Waals surface area contributed by atoms with Gasteiger partial charge in [-0.15, -0.1) is 0 Å². The van der Waals surface area contributed by atoms with Crippen molar-refractivity contribution >= 4 is 41.3 Å². The van der Waals surface area contributed by atoms with Crippen molar-refractivity contribution in [2.75, 3.05) is 25.6 Å². The van der Waals surface area contributed by atoms with E-state index in [0.717, 1.165) is 0 Å². The normalized spacial score (nSPS) is 10.7. The second-order valence-electron chi connectivity index (χ2n) is 3.74. The zero-order chi connectivity index (χ0) is 15.3. The van der Waals surface area contributed by atoms with E-state index < -0.39 is 24.4 Å². The van der Waals surface area contributed by atoms with Gasteiger partial charge in [-0.3, -0.25) is 0 Å². The van der Waals surface area contributed by atoms with Crippen LogP contribution in [0, 0.1) is 10.1 Å². The summed E-state index contributed by atoms with van der Waals surface area (Å²) in [7, 11) is 14.6. The van der Waals surface area contributed by atoms with Crippen LogP contribution >= 0.6 is 19.4 Å². The van der Waals surface area contributed by atoms with Gasteiger partial charge in [0.1, 0.15) is 0 Å². The number of anilines is 1. The Morgan fingerprint density at radius 1 is 1.55 bits per heavy atom. The summed E-state index contributed by atoms with van der Waals surface area (Å²) in [5, 5.41) is 10.8. The van der Waals surface area contributed by atoms with Gasteiger partial charge < -0.3 is 0 Å². The molecule has 0 aromatic heterocycles. The van der Waals surface area contributed by atoms with E-state index in [1.165, 1.54) is 19.2 Å². The number of nitrogens with zero attached hydrogens (tertiary/aromatic N) is 2. The fourth-order valence-electron chi connectivity index (χ4n) is 1.51. The van der Waals surface area contributed by atoms with Crippen molar-refractivity contribution in [2.45, 2.75) is 0 Å². The summed E-state index contributed by atoms with van der Waals surface area (Å²) in [6, 6.07) is 4.30. The fraction of sp³-hybridized carbons (Fsp3) is 0.273. The van der Waals surface area contributed by atoms with Crippen LogP contribution in [0.15, 0.2) is 18.2 Å². The predicted octanol–water partition coefficient (Wildman–Crippen LogP) is 2.28. The van der Waals surface area contributed by atoms with Crippen LogP contribution in [-0.4, -0.2) is 36.2 Å². The summed E-state index contributed by atoms with van der Waals surface area (Å²) in [6.45, 7) is 0.0203. The number of halogens is 2. The van der Waals surface area contributed by atoms with E-state index in [2.05, 4.69) is 4.74 Å². The number of rotatable bonds is 5.